The molecule has 0 aliphatic heterocycles. The lowest BCUT2D eigenvalue weighted by atomic mass is 10.2. The molecule has 1 aromatic rings. The number of rotatable bonds is 2. The molecule has 10 heteroatoms. The van der Waals surface area contributed by atoms with Gasteiger partial charge < -0.3 is 9.47 Å². The van der Waals surface area contributed by atoms with E-state index < -0.39 is 50.0 Å². The van der Waals surface area contributed by atoms with Gasteiger partial charge in [-0.05, 0) is 63.5 Å². The second kappa shape index (κ2) is 7.56. The van der Waals surface area contributed by atoms with Crippen LogP contribution in [0.2, 0.25) is 0 Å². The van der Waals surface area contributed by atoms with Crippen LogP contribution in [0, 0.1) is 15.9 Å². The highest BCUT2D eigenvalue weighted by molar-refractivity contribution is 9.10. The zero-order valence-corrected chi connectivity index (χ0v) is 16.8. The smallest absolute Gasteiger partial charge is 0.424 e. The second-order valence-electron chi connectivity index (χ2n) is 7.28. The number of carbonyl (C=O) groups is 2. The van der Waals surface area contributed by atoms with E-state index in [1.165, 1.54) is 0 Å². The third kappa shape index (κ3) is 5.65. The van der Waals surface area contributed by atoms with Gasteiger partial charge in [0.1, 0.15) is 17.0 Å². The third-order valence-electron chi connectivity index (χ3n) is 2.62. The Morgan fingerprint density at radius 3 is 1.85 bits per heavy atom. The first-order chi connectivity index (χ1) is 11.6. The molecule has 1 aromatic carbocycles. The first-order valence-corrected chi connectivity index (χ1v) is 8.32. The van der Waals surface area contributed by atoms with Gasteiger partial charge in [-0.2, -0.15) is 4.90 Å². The van der Waals surface area contributed by atoms with E-state index in [-0.39, 0.29) is 0 Å². The van der Waals surface area contributed by atoms with E-state index in [4.69, 9.17) is 9.47 Å². The van der Waals surface area contributed by atoms with Crippen molar-refractivity contribution >= 4 is 39.5 Å². The number of nitro benzene ring substituents is 1. The molecule has 0 saturated carbocycles. The Kier molecular flexibility index (Phi) is 6.35. The number of amides is 2. The molecule has 0 atom stereocenters. The van der Waals surface area contributed by atoms with Crippen LogP contribution in [0.3, 0.4) is 0 Å². The summed E-state index contributed by atoms with van der Waals surface area (Å²) in [7, 11) is 0. The Morgan fingerprint density at radius 2 is 1.50 bits per heavy atom. The van der Waals surface area contributed by atoms with E-state index >= 15 is 0 Å². The van der Waals surface area contributed by atoms with Crippen LogP contribution in [0.25, 0.3) is 0 Å². The molecule has 0 aromatic heterocycles. The summed E-state index contributed by atoms with van der Waals surface area (Å²) in [5.74, 6) is -0.900. The number of halogens is 2. The number of nitro groups is 1. The Labute approximate surface area is 158 Å². The van der Waals surface area contributed by atoms with Gasteiger partial charge >= 0.3 is 12.2 Å². The van der Waals surface area contributed by atoms with E-state index in [1.54, 1.807) is 41.5 Å². The molecule has 0 fully saturated rings. The Bertz CT molecular complexity index is 711. The summed E-state index contributed by atoms with van der Waals surface area (Å²) in [6, 6.07) is 1.69. The van der Waals surface area contributed by atoms with E-state index in [0.29, 0.717) is 4.90 Å². The van der Waals surface area contributed by atoms with Crippen LogP contribution < -0.4 is 4.90 Å². The van der Waals surface area contributed by atoms with Crippen molar-refractivity contribution in [1.29, 1.82) is 0 Å². The second-order valence-corrected chi connectivity index (χ2v) is 8.08. The van der Waals surface area contributed by atoms with Crippen LogP contribution in [-0.4, -0.2) is 28.3 Å². The lowest BCUT2D eigenvalue weighted by Gasteiger charge is -2.28. The molecule has 2 amide bonds. The van der Waals surface area contributed by atoms with Crippen molar-refractivity contribution in [2.75, 3.05) is 4.90 Å². The maximum Gasteiger partial charge on any atom is 0.424 e. The highest BCUT2D eigenvalue weighted by atomic mass is 79.9. The number of anilines is 1. The molecule has 0 radical (unpaired) electrons. The summed E-state index contributed by atoms with van der Waals surface area (Å²) >= 11 is 2.86. The summed E-state index contributed by atoms with van der Waals surface area (Å²) in [5.41, 5.74) is -3.30. The molecule has 0 unspecified atom stereocenters. The van der Waals surface area contributed by atoms with Gasteiger partial charge in [0, 0.05) is 6.07 Å². The lowest BCUT2D eigenvalue weighted by molar-refractivity contribution is -0.384. The maximum absolute atomic E-state index is 14.0. The van der Waals surface area contributed by atoms with Crippen molar-refractivity contribution in [3.8, 4) is 0 Å². The number of benzene rings is 1. The van der Waals surface area contributed by atoms with Crippen LogP contribution in [-0.2, 0) is 9.47 Å². The monoisotopic (exact) mass is 434 g/mol. The largest absolute Gasteiger partial charge is 0.443 e. The first kappa shape index (κ1) is 21.8. The number of hydrogen-bond donors (Lipinski definition) is 0. The maximum atomic E-state index is 14.0. The van der Waals surface area contributed by atoms with Gasteiger partial charge in [-0.1, -0.05) is 0 Å². The summed E-state index contributed by atoms with van der Waals surface area (Å²) < 4.78 is 23.8. The molecule has 1 rings (SSSR count). The molecule has 0 N–H and O–H groups in total. The molecule has 8 nitrogen and oxygen atoms in total. The zero-order chi connectivity index (χ0) is 20.4. The van der Waals surface area contributed by atoms with Gasteiger partial charge in [0.05, 0.1) is 9.40 Å². The minimum absolute atomic E-state index is 0.307. The van der Waals surface area contributed by atoms with Gasteiger partial charge in [0.25, 0.3) is 5.69 Å². The van der Waals surface area contributed by atoms with Gasteiger partial charge in [0.2, 0.25) is 0 Å². The van der Waals surface area contributed by atoms with Crippen LogP contribution >= 0.6 is 15.9 Å². The molecular weight excluding hydrogens is 415 g/mol. The lowest BCUT2D eigenvalue weighted by Crippen LogP contribution is -2.44. The molecule has 0 spiro atoms. The standard InChI is InChI=1S/C16H20BrFN2O6/c1-15(2,3)25-13(21)19(14(22)26-16(4,5)6)12-10(20(23)24)8-7-9(18)11(12)17/h7-8H,1-6H3. The quantitative estimate of drug-likeness (QED) is 0.469. The molecule has 0 bridgehead atoms. The first-order valence-electron chi connectivity index (χ1n) is 7.52. The fraction of sp³-hybridized carbons (Fsp3) is 0.500. The molecule has 26 heavy (non-hydrogen) atoms. The fourth-order valence-electron chi connectivity index (χ4n) is 1.76. The highest BCUT2D eigenvalue weighted by Crippen LogP contribution is 2.39. The molecule has 144 valence electrons. The van der Waals surface area contributed by atoms with Gasteiger partial charge in [-0.25, -0.2) is 14.0 Å². The number of ether oxygens (including phenoxy) is 2. The Balaban J connectivity index is 3.61. The summed E-state index contributed by atoms with van der Waals surface area (Å²) in [4.78, 5) is 35.9. The molecule has 0 saturated heterocycles. The van der Waals surface area contributed by atoms with Crippen molar-refractivity contribution in [3.05, 3.63) is 32.5 Å². The SMILES string of the molecule is CC(C)(C)OC(=O)N(C(=O)OC(C)(C)C)c1c([N+](=O)[O-])ccc(F)c1Br. The normalized spacial score (nSPS) is 11.7. The number of carbonyl (C=O) groups excluding carboxylic acids is 2. The van der Waals surface area contributed by atoms with E-state index in [1.807, 2.05) is 0 Å². The van der Waals surface area contributed by atoms with Crippen molar-refractivity contribution in [2.24, 2.45) is 0 Å². The van der Waals surface area contributed by atoms with E-state index in [2.05, 4.69) is 15.9 Å². The van der Waals surface area contributed by atoms with Gasteiger partial charge in [-0.3, -0.25) is 10.1 Å². The van der Waals surface area contributed by atoms with Crippen LogP contribution in [0.1, 0.15) is 41.5 Å². The Morgan fingerprint density at radius 1 is 1.08 bits per heavy atom. The highest BCUT2D eigenvalue weighted by Gasteiger charge is 2.38. The molecular formula is C16H20BrFN2O6. The number of imide groups is 1. The molecule has 0 aliphatic carbocycles. The van der Waals surface area contributed by atoms with Crippen molar-refractivity contribution < 1.29 is 28.4 Å². The van der Waals surface area contributed by atoms with Crippen molar-refractivity contribution in [2.45, 2.75) is 52.7 Å². The molecule has 0 heterocycles. The Hall–Kier alpha value is -2.23. The summed E-state index contributed by atoms with van der Waals surface area (Å²) in [5, 5.41) is 11.3. The number of hydrogen-bond acceptors (Lipinski definition) is 6. The fourth-order valence-corrected chi connectivity index (χ4v) is 2.27. The summed E-state index contributed by atoms with van der Waals surface area (Å²) in [6.07, 6.45) is -2.47. The minimum Gasteiger partial charge on any atom is -0.443 e. The third-order valence-corrected chi connectivity index (χ3v) is 3.37. The number of nitrogens with zero attached hydrogens (tertiary/aromatic N) is 2. The predicted molar refractivity (Wildman–Crippen MR) is 95.7 cm³/mol. The van der Waals surface area contributed by atoms with E-state index in [9.17, 15) is 24.1 Å². The minimum atomic E-state index is -1.24. The van der Waals surface area contributed by atoms with Crippen molar-refractivity contribution in [1.82, 2.24) is 0 Å². The van der Waals surface area contributed by atoms with Crippen LogP contribution in [0.4, 0.5) is 25.4 Å². The van der Waals surface area contributed by atoms with E-state index in [0.717, 1.165) is 12.1 Å². The predicted octanol–water partition coefficient (Wildman–Crippen LogP) is 5.17. The van der Waals surface area contributed by atoms with Crippen molar-refractivity contribution in [3.63, 3.8) is 0 Å². The van der Waals surface area contributed by atoms with Crippen LogP contribution in [0.5, 0.6) is 0 Å². The average molecular weight is 435 g/mol. The van der Waals surface area contributed by atoms with Crippen LogP contribution in [0.15, 0.2) is 16.6 Å². The topological polar surface area (TPSA) is 99.0 Å². The summed E-state index contributed by atoms with van der Waals surface area (Å²) in [6.45, 7) is 9.29. The average Bonchev–Trinajstić information content (AvgIpc) is 2.39. The van der Waals surface area contributed by atoms with Gasteiger partial charge in [0.15, 0.2) is 5.69 Å². The van der Waals surface area contributed by atoms with Gasteiger partial charge in [-0.15, -0.1) is 0 Å². The molecule has 0 aliphatic rings. The zero-order valence-electron chi connectivity index (χ0n) is 15.3.